The van der Waals surface area contributed by atoms with Crippen LogP contribution < -0.4 is 12.4 Å². The molecule has 128 valence electrons. The van der Waals surface area contributed by atoms with Crippen LogP contribution in [0.3, 0.4) is 0 Å². The fourth-order valence-corrected chi connectivity index (χ4v) is 2.88. The Labute approximate surface area is 147 Å². The molecule has 5 heteroatoms. The van der Waals surface area contributed by atoms with Gasteiger partial charge in [0.05, 0.1) is 19.1 Å². The standard InChI is InChI=1S/C19H20FNO2.ClH/c20-17-8-6-16(7-9-17)19(22)18(15-4-2-1-3-5-15)14-21-10-12-23-13-11-21;/h1-9,18H,10-14H2;1H/p-1. The molecule has 0 aliphatic carbocycles. The van der Waals surface area contributed by atoms with Gasteiger partial charge in [-0.15, -0.1) is 0 Å². The van der Waals surface area contributed by atoms with Crippen LogP contribution in [0.5, 0.6) is 0 Å². The van der Waals surface area contributed by atoms with Crippen molar-refractivity contribution in [1.82, 2.24) is 4.90 Å². The van der Waals surface area contributed by atoms with Crippen LogP contribution in [0, 0.1) is 5.82 Å². The van der Waals surface area contributed by atoms with E-state index < -0.39 is 0 Å². The largest absolute Gasteiger partial charge is 1.00 e. The highest BCUT2D eigenvalue weighted by atomic mass is 35.5. The zero-order valence-corrected chi connectivity index (χ0v) is 14.1. The Kier molecular flexibility index (Phi) is 6.91. The second kappa shape index (κ2) is 8.92. The summed E-state index contributed by atoms with van der Waals surface area (Å²) in [7, 11) is 0. The van der Waals surface area contributed by atoms with Gasteiger partial charge < -0.3 is 17.1 Å². The number of rotatable bonds is 5. The third-order valence-electron chi connectivity index (χ3n) is 4.19. The predicted octanol–water partition coefficient (Wildman–Crippen LogP) is 0.128. The van der Waals surface area contributed by atoms with Gasteiger partial charge in [0.2, 0.25) is 0 Å². The number of ketones is 1. The molecule has 24 heavy (non-hydrogen) atoms. The summed E-state index contributed by atoms with van der Waals surface area (Å²) in [5, 5.41) is 0. The summed E-state index contributed by atoms with van der Waals surface area (Å²) in [6.07, 6.45) is 0. The molecule has 1 aliphatic heterocycles. The number of halogens is 2. The van der Waals surface area contributed by atoms with Crippen molar-refractivity contribution in [3.63, 3.8) is 0 Å². The lowest BCUT2D eigenvalue weighted by molar-refractivity contribution is -0.0000137. The first-order valence-corrected chi connectivity index (χ1v) is 7.89. The highest BCUT2D eigenvalue weighted by molar-refractivity contribution is 6.01. The summed E-state index contributed by atoms with van der Waals surface area (Å²) in [6.45, 7) is 3.72. The minimum absolute atomic E-state index is 0. The molecule has 0 radical (unpaired) electrons. The van der Waals surface area contributed by atoms with E-state index in [9.17, 15) is 9.18 Å². The summed E-state index contributed by atoms with van der Waals surface area (Å²) < 4.78 is 18.5. The Morgan fingerprint density at radius 1 is 1.04 bits per heavy atom. The van der Waals surface area contributed by atoms with Crippen molar-refractivity contribution >= 4 is 5.78 Å². The molecule has 0 aromatic heterocycles. The lowest BCUT2D eigenvalue weighted by Crippen LogP contribution is -3.00. The van der Waals surface area contributed by atoms with E-state index in [0.29, 0.717) is 25.3 Å². The smallest absolute Gasteiger partial charge is 0.171 e. The molecule has 3 nitrogen and oxygen atoms in total. The molecule has 2 aromatic rings. The number of nitrogens with zero attached hydrogens (tertiary/aromatic N) is 1. The first kappa shape index (κ1) is 18.6. The molecule has 3 rings (SSSR count). The number of carbonyl (C=O) groups excluding carboxylic acids is 1. The summed E-state index contributed by atoms with van der Waals surface area (Å²) in [5.74, 6) is -0.548. The van der Waals surface area contributed by atoms with E-state index in [4.69, 9.17) is 4.74 Å². The minimum Gasteiger partial charge on any atom is -1.00 e. The van der Waals surface area contributed by atoms with Gasteiger partial charge in [-0.3, -0.25) is 9.69 Å². The van der Waals surface area contributed by atoms with E-state index in [1.165, 1.54) is 12.1 Å². The monoisotopic (exact) mass is 348 g/mol. The number of ether oxygens (including phenoxy) is 1. The molecule has 0 spiro atoms. The number of hydrogen-bond donors (Lipinski definition) is 0. The topological polar surface area (TPSA) is 29.5 Å². The van der Waals surface area contributed by atoms with Gasteiger partial charge in [0, 0.05) is 25.2 Å². The van der Waals surface area contributed by atoms with Gasteiger partial charge in [-0.2, -0.15) is 0 Å². The first-order chi connectivity index (χ1) is 11.2. The number of morpholine rings is 1. The van der Waals surface area contributed by atoms with Crippen LogP contribution in [0.4, 0.5) is 4.39 Å². The van der Waals surface area contributed by atoms with Crippen molar-refractivity contribution in [3.8, 4) is 0 Å². The molecule has 1 unspecified atom stereocenters. The third-order valence-corrected chi connectivity index (χ3v) is 4.19. The maximum Gasteiger partial charge on any atom is 0.171 e. The molecule has 2 aromatic carbocycles. The van der Waals surface area contributed by atoms with Crippen molar-refractivity contribution in [1.29, 1.82) is 0 Å². The molecule has 1 heterocycles. The number of carbonyl (C=O) groups is 1. The second-order valence-electron chi connectivity index (χ2n) is 5.75. The van der Waals surface area contributed by atoms with Gasteiger partial charge in [0.25, 0.3) is 0 Å². The highest BCUT2D eigenvalue weighted by Gasteiger charge is 2.25. The first-order valence-electron chi connectivity index (χ1n) is 7.89. The quantitative estimate of drug-likeness (QED) is 0.719. The maximum atomic E-state index is 13.1. The SMILES string of the molecule is O=C(c1ccc(F)cc1)C(CN1CCOCC1)c1ccccc1.[Cl-]. The van der Waals surface area contributed by atoms with E-state index in [-0.39, 0.29) is 29.9 Å². The highest BCUT2D eigenvalue weighted by Crippen LogP contribution is 2.23. The third kappa shape index (κ3) is 4.63. The molecule has 1 atom stereocenters. The predicted molar refractivity (Wildman–Crippen MR) is 87.2 cm³/mol. The van der Waals surface area contributed by atoms with E-state index in [1.807, 2.05) is 30.3 Å². The molecule has 1 saturated heterocycles. The summed E-state index contributed by atoms with van der Waals surface area (Å²) in [5.41, 5.74) is 1.54. The molecule has 0 saturated carbocycles. The van der Waals surface area contributed by atoms with Crippen molar-refractivity contribution in [2.75, 3.05) is 32.8 Å². The molecule has 0 bridgehead atoms. The molecule has 0 N–H and O–H groups in total. The minimum atomic E-state index is -0.328. The van der Waals surface area contributed by atoms with Crippen molar-refractivity contribution in [2.24, 2.45) is 0 Å². The molecule has 1 aliphatic rings. The fourth-order valence-electron chi connectivity index (χ4n) is 2.88. The number of hydrogen-bond acceptors (Lipinski definition) is 3. The molecule has 0 amide bonds. The average Bonchev–Trinajstić information content (AvgIpc) is 2.61. The summed E-state index contributed by atoms with van der Waals surface area (Å²) in [6, 6.07) is 15.6. The van der Waals surface area contributed by atoms with Gasteiger partial charge in [0.15, 0.2) is 5.78 Å². The Bertz CT molecular complexity index is 642. The van der Waals surface area contributed by atoms with E-state index in [0.717, 1.165) is 18.7 Å². The van der Waals surface area contributed by atoms with Gasteiger partial charge in [-0.1, -0.05) is 30.3 Å². The van der Waals surface area contributed by atoms with Crippen LogP contribution in [-0.4, -0.2) is 43.5 Å². The van der Waals surface area contributed by atoms with E-state index in [2.05, 4.69) is 4.90 Å². The Hall–Kier alpha value is -1.75. The van der Waals surface area contributed by atoms with Crippen LogP contribution in [0.2, 0.25) is 0 Å². The van der Waals surface area contributed by atoms with Gasteiger partial charge in [-0.05, 0) is 29.8 Å². The molecular formula is C19H20ClFNO2-. The lowest BCUT2D eigenvalue weighted by atomic mass is 9.90. The Balaban J connectivity index is 0.00000208. The van der Waals surface area contributed by atoms with E-state index in [1.54, 1.807) is 12.1 Å². The summed E-state index contributed by atoms with van der Waals surface area (Å²) >= 11 is 0. The fraction of sp³-hybridized carbons (Fsp3) is 0.316. The molecule has 1 fully saturated rings. The number of Topliss-reactive ketones (excluding diaryl/α,β-unsaturated/α-hetero) is 1. The summed E-state index contributed by atoms with van der Waals surface area (Å²) in [4.78, 5) is 15.2. The van der Waals surface area contributed by atoms with Crippen LogP contribution in [0.1, 0.15) is 21.8 Å². The van der Waals surface area contributed by atoms with Crippen LogP contribution in [0.25, 0.3) is 0 Å². The van der Waals surface area contributed by atoms with Crippen LogP contribution in [-0.2, 0) is 4.74 Å². The van der Waals surface area contributed by atoms with Crippen molar-refractivity contribution < 1.29 is 26.3 Å². The van der Waals surface area contributed by atoms with E-state index >= 15 is 0 Å². The number of benzene rings is 2. The normalized spacial score (nSPS) is 16.2. The van der Waals surface area contributed by atoms with Crippen molar-refractivity contribution in [2.45, 2.75) is 5.92 Å². The molecular weight excluding hydrogens is 329 g/mol. The zero-order chi connectivity index (χ0) is 16.1. The lowest BCUT2D eigenvalue weighted by Gasteiger charge is -2.30. The average molecular weight is 349 g/mol. The van der Waals surface area contributed by atoms with Gasteiger partial charge in [0.1, 0.15) is 5.82 Å². The van der Waals surface area contributed by atoms with Crippen LogP contribution in [0.15, 0.2) is 54.6 Å². The van der Waals surface area contributed by atoms with Gasteiger partial charge >= 0.3 is 0 Å². The zero-order valence-electron chi connectivity index (χ0n) is 13.3. The van der Waals surface area contributed by atoms with Crippen LogP contribution >= 0.6 is 0 Å². The second-order valence-corrected chi connectivity index (χ2v) is 5.75. The Morgan fingerprint density at radius 3 is 2.29 bits per heavy atom. The van der Waals surface area contributed by atoms with Crippen molar-refractivity contribution in [3.05, 3.63) is 71.5 Å². The Morgan fingerprint density at radius 2 is 1.67 bits per heavy atom. The van der Waals surface area contributed by atoms with Gasteiger partial charge in [-0.25, -0.2) is 4.39 Å². The maximum absolute atomic E-state index is 13.1.